The van der Waals surface area contributed by atoms with Gasteiger partial charge in [-0.2, -0.15) is 0 Å². The van der Waals surface area contributed by atoms with E-state index in [4.69, 9.17) is 16.7 Å². The van der Waals surface area contributed by atoms with Gasteiger partial charge in [-0.15, -0.1) is 0 Å². The number of benzene rings is 1. The molecule has 34 heavy (non-hydrogen) atoms. The number of carboxylic acids is 1. The van der Waals surface area contributed by atoms with Gasteiger partial charge in [-0.1, -0.05) is 17.7 Å². The lowest BCUT2D eigenvalue weighted by atomic mass is 10.1. The Balaban J connectivity index is 1.83. The fourth-order valence-electron chi connectivity index (χ4n) is 3.85. The van der Waals surface area contributed by atoms with Crippen LogP contribution in [0.3, 0.4) is 0 Å². The van der Waals surface area contributed by atoms with Crippen molar-refractivity contribution in [1.29, 1.82) is 0 Å². The number of fused-ring (bicyclic) bond motifs is 1. The number of aldehydes is 1. The molecule has 3 N–H and O–H groups in total. The molecule has 2 unspecified atom stereocenters. The normalized spacial score (nSPS) is 19.1. The van der Waals surface area contributed by atoms with Gasteiger partial charge in [0.25, 0.3) is 5.91 Å². The van der Waals surface area contributed by atoms with E-state index >= 15 is 0 Å². The first-order valence-corrected chi connectivity index (χ1v) is 11.0. The minimum atomic E-state index is -1.29. The van der Waals surface area contributed by atoms with E-state index in [-0.39, 0.29) is 31.5 Å². The molecule has 2 aliphatic heterocycles. The van der Waals surface area contributed by atoms with Crippen molar-refractivity contribution in [3.8, 4) is 0 Å². The summed E-state index contributed by atoms with van der Waals surface area (Å²) in [5.74, 6) is -3.09. The molecule has 0 bridgehead atoms. The SMILES string of the molecule is Cc1c(Cl)cccc1C(=O)NN1CCC(=O)N2CCCC(C(=O)NC(C=O)CC(=O)O)N2C1=O. The van der Waals surface area contributed by atoms with E-state index < -0.39 is 48.2 Å². The zero-order valence-corrected chi connectivity index (χ0v) is 19.1. The van der Waals surface area contributed by atoms with E-state index in [9.17, 15) is 28.8 Å². The second-order valence-corrected chi connectivity index (χ2v) is 8.31. The van der Waals surface area contributed by atoms with Gasteiger partial charge in [0.05, 0.1) is 19.0 Å². The number of halogens is 1. The third kappa shape index (κ3) is 5.28. The number of aliphatic carboxylic acids is 1. The Morgan fingerprint density at radius 1 is 1.26 bits per heavy atom. The third-order valence-corrected chi connectivity index (χ3v) is 6.01. The number of rotatable bonds is 7. The zero-order valence-electron chi connectivity index (χ0n) is 18.3. The average Bonchev–Trinajstić information content (AvgIpc) is 2.92. The van der Waals surface area contributed by atoms with Gasteiger partial charge in [0.15, 0.2) is 0 Å². The van der Waals surface area contributed by atoms with Crippen LogP contribution in [0, 0.1) is 6.92 Å². The van der Waals surface area contributed by atoms with E-state index in [1.54, 1.807) is 19.1 Å². The highest BCUT2D eigenvalue weighted by Gasteiger charge is 2.44. The lowest BCUT2D eigenvalue weighted by Gasteiger charge is -2.42. The number of nitrogens with zero attached hydrogens (tertiary/aromatic N) is 3. The molecular weight excluding hydrogens is 470 g/mol. The van der Waals surface area contributed by atoms with Crippen LogP contribution in [0.5, 0.6) is 0 Å². The number of urea groups is 1. The van der Waals surface area contributed by atoms with Crippen LogP contribution in [-0.4, -0.2) is 81.3 Å². The van der Waals surface area contributed by atoms with Crippen LogP contribution < -0.4 is 10.7 Å². The number of hydrogen-bond donors (Lipinski definition) is 3. The first kappa shape index (κ1) is 25.0. The topological polar surface area (TPSA) is 156 Å². The monoisotopic (exact) mass is 493 g/mol. The molecule has 0 spiro atoms. The fraction of sp³-hybridized carbons (Fsp3) is 0.429. The van der Waals surface area contributed by atoms with E-state index in [0.717, 1.165) is 15.0 Å². The van der Waals surface area contributed by atoms with E-state index in [1.807, 2.05) is 0 Å². The van der Waals surface area contributed by atoms with Crippen molar-refractivity contribution < 1.29 is 33.9 Å². The molecule has 12 nitrogen and oxygen atoms in total. The Morgan fingerprint density at radius 3 is 2.68 bits per heavy atom. The quantitative estimate of drug-likeness (QED) is 0.466. The highest BCUT2D eigenvalue weighted by molar-refractivity contribution is 6.31. The van der Waals surface area contributed by atoms with Crippen LogP contribution in [0.1, 0.15) is 41.6 Å². The molecule has 182 valence electrons. The number of amides is 5. The summed E-state index contributed by atoms with van der Waals surface area (Å²) >= 11 is 6.08. The van der Waals surface area contributed by atoms with Crippen LogP contribution in [0.2, 0.25) is 5.02 Å². The fourth-order valence-corrected chi connectivity index (χ4v) is 4.03. The second kappa shape index (κ2) is 10.5. The van der Waals surface area contributed by atoms with Gasteiger partial charge in [-0.05, 0) is 37.5 Å². The zero-order chi connectivity index (χ0) is 25.0. The lowest BCUT2D eigenvalue weighted by molar-refractivity contribution is -0.155. The van der Waals surface area contributed by atoms with Crippen molar-refractivity contribution in [2.45, 2.75) is 44.7 Å². The third-order valence-electron chi connectivity index (χ3n) is 5.60. The Bertz CT molecular complexity index is 1030. The first-order chi connectivity index (χ1) is 16.1. The molecule has 2 saturated heterocycles. The lowest BCUT2D eigenvalue weighted by Crippen LogP contribution is -2.64. The van der Waals surface area contributed by atoms with Gasteiger partial charge < -0.3 is 15.2 Å². The van der Waals surface area contributed by atoms with Crippen molar-refractivity contribution in [2.24, 2.45) is 0 Å². The number of hydrogen-bond acceptors (Lipinski definition) is 6. The van der Waals surface area contributed by atoms with Crippen molar-refractivity contribution in [2.75, 3.05) is 13.1 Å². The van der Waals surface area contributed by atoms with E-state index in [2.05, 4.69) is 10.7 Å². The number of nitrogens with one attached hydrogen (secondary N) is 2. The minimum Gasteiger partial charge on any atom is -0.481 e. The summed E-state index contributed by atoms with van der Waals surface area (Å²) in [5, 5.41) is 14.7. The molecule has 0 aromatic heterocycles. The standard InChI is InChI=1S/C21H24ClN5O7/c1-12-14(4-2-5-15(12)22)19(32)24-25-9-7-17(29)26-8-3-6-16(27(26)21(25)34)20(33)23-13(11-28)10-18(30)31/h2,4-5,11,13,16H,3,6-10H2,1H3,(H,23,33)(H,24,32)(H,30,31). The molecular formula is C21H24ClN5O7. The van der Waals surface area contributed by atoms with Crippen LogP contribution >= 0.6 is 11.6 Å². The summed E-state index contributed by atoms with van der Waals surface area (Å²) in [6, 6.07) is 1.47. The van der Waals surface area contributed by atoms with Crippen LogP contribution in [0.4, 0.5) is 4.79 Å². The Hall–Kier alpha value is -3.67. The van der Waals surface area contributed by atoms with Gasteiger partial charge >= 0.3 is 12.0 Å². The number of hydrazine groups is 2. The van der Waals surface area contributed by atoms with Crippen LogP contribution in [-0.2, 0) is 19.2 Å². The molecule has 0 saturated carbocycles. The predicted molar refractivity (Wildman–Crippen MR) is 117 cm³/mol. The maximum absolute atomic E-state index is 13.4. The molecule has 2 atom stereocenters. The number of carbonyl (C=O) groups is 6. The summed E-state index contributed by atoms with van der Waals surface area (Å²) in [7, 11) is 0. The first-order valence-electron chi connectivity index (χ1n) is 10.6. The highest BCUT2D eigenvalue weighted by Crippen LogP contribution is 2.24. The average molecular weight is 494 g/mol. The Labute approximate surface area is 199 Å². The number of carbonyl (C=O) groups excluding carboxylic acids is 5. The maximum atomic E-state index is 13.4. The van der Waals surface area contributed by atoms with Crippen molar-refractivity contribution in [3.05, 3.63) is 34.3 Å². The summed E-state index contributed by atoms with van der Waals surface area (Å²) in [6.07, 6.45) is 0.157. The van der Waals surface area contributed by atoms with E-state index in [0.29, 0.717) is 23.3 Å². The Kier molecular flexibility index (Phi) is 7.72. The van der Waals surface area contributed by atoms with Gasteiger partial charge in [0.2, 0.25) is 11.8 Å². The molecule has 2 aliphatic rings. The number of carboxylic acid groups (broad SMARTS) is 1. The van der Waals surface area contributed by atoms with E-state index in [1.165, 1.54) is 6.07 Å². The minimum absolute atomic E-state index is 0.0959. The largest absolute Gasteiger partial charge is 0.481 e. The van der Waals surface area contributed by atoms with Gasteiger partial charge in [-0.25, -0.2) is 19.8 Å². The van der Waals surface area contributed by atoms with Crippen molar-refractivity contribution in [1.82, 2.24) is 25.8 Å². The summed E-state index contributed by atoms with van der Waals surface area (Å²) in [4.78, 5) is 73.9. The van der Waals surface area contributed by atoms with Gasteiger partial charge in [-0.3, -0.25) is 24.6 Å². The molecule has 0 aliphatic carbocycles. The summed E-state index contributed by atoms with van der Waals surface area (Å²) in [6.45, 7) is 1.72. The molecule has 13 heteroatoms. The van der Waals surface area contributed by atoms with Crippen molar-refractivity contribution >= 4 is 47.6 Å². The van der Waals surface area contributed by atoms with Gasteiger partial charge in [0.1, 0.15) is 12.3 Å². The molecule has 3 rings (SSSR count). The molecule has 5 amide bonds. The van der Waals surface area contributed by atoms with Gasteiger partial charge in [0, 0.05) is 23.6 Å². The van der Waals surface area contributed by atoms with Crippen molar-refractivity contribution in [3.63, 3.8) is 0 Å². The summed E-state index contributed by atoms with van der Waals surface area (Å²) < 4.78 is 0. The molecule has 0 radical (unpaired) electrons. The van der Waals surface area contributed by atoms with Crippen LogP contribution in [0.15, 0.2) is 18.2 Å². The summed E-state index contributed by atoms with van der Waals surface area (Å²) in [5.41, 5.74) is 3.23. The highest BCUT2D eigenvalue weighted by atomic mass is 35.5. The smallest absolute Gasteiger partial charge is 0.358 e. The molecule has 2 heterocycles. The van der Waals surface area contributed by atoms with Crippen LogP contribution in [0.25, 0.3) is 0 Å². The second-order valence-electron chi connectivity index (χ2n) is 7.91. The predicted octanol–water partition coefficient (Wildman–Crippen LogP) is 0.485. The maximum Gasteiger partial charge on any atom is 0.358 e. The molecule has 1 aromatic rings. The molecule has 1 aromatic carbocycles. The molecule has 2 fully saturated rings. The Morgan fingerprint density at radius 2 is 2.00 bits per heavy atom.